The van der Waals surface area contributed by atoms with Crippen LogP contribution in [0.3, 0.4) is 0 Å². The van der Waals surface area contributed by atoms with Crippen molar-refractivity contribution in [1.29, 1.82) is 0 Å². The summed E-state index contributed by atoms with van der Waals surface area (Å²) in [7, 11) is 1.49. The van der Waals surface area contributed by atoms with Crippen molar-refractivity contribution in [2.24, 2.45) is 17.0 Å². The minimum atomic E-state index is -0.540. The Morgan fingerprint density at radius 2 is 2.08 bits per heavy atom. The van der Waals surface area contributed by atoms with Crippen molar-refractivity contribution in [2.45, 2.75) is 20.8 Å². The van der Waals surface area contributed by atoms with Crippen LogP contribution in [-0.2, 0) is 4.84 Å². The molecule has 0 aliphatic heterocycles. The van der Waals surface area contributed by atoms with Crippen LogP contribution in [0.1, 0.15) is 20.8 Å². The van der Waals surface area contributed by atoms with E-state index in [9.17, 15) is 4.79 Å². The zero-order chi connectivity index (χ0) is 9.56. The first-order valence-corrected chi connectivity index (χ1v) is 4.00. The van der Waals surface area contributed by atoms with Gasteiger partial charge >= 0.3 is 6.09 Å². The summed E-state index contributed by atoms with van der Waals surface area (Å²) in [5.41, 5.74) is 0. The fourth-order valence-electron chi connectivity index (χ4n) is 0.392. The molecule has 0 aromatic rings. The molecule has 4 nitrogen and oxygen atoms in total. The van der Waals surface area contributed by atoms with Crippen LogP contribution in [0.25, 0.3) is 0 Å². The standard InChI is InChI=1S/C8H16N2O2/c1-6(2)7(3)5-10-12-8(11)9-4/h5-7H,1-4H3,(H,9,11)/b10-5+. The molecule has 0 rings (SSSR count). The van der Waals surface area contributed by atoms with Crippen molar-refractivity contribution in [3.8, 4) is 0 Å². The molecule has 1 N–H and O–H groups in total. The van der Waals surface area contributed by atoms with Crippen LogP contribution in [0.2, 0.25) is 0 Å². The van der Waals surface area contributed by atoms with Gasteiger partial charge in [0.25, 0.3) is 0 Å². The zero-order valence-corrected chi connectivity index (χ0v) is 8.00. The first kappa shape index (κ1) is 10.9. The van der Waals surface area contributed by atoms with Gasteiger partial charge in [-0.05, 0) is 11.8 Å². The summed E-state index contributed by atoms with van der Waals surface area (Å²) in [4.78, 5) is 14.9. The summed E-state index contributed by atoms with van der Waals surface area (Å²) in [6, 6.07) is 0. The molecule has 0 saturated heterocycles. The fourth-order valence-corrected chi connectivity index (χ4v) is 0.392. The molecule has 12 heavy (non-hydrogen) atoms. The van der Waals surface area contributed by atoms with E-state index in [1.54, 1.807) is 6.21 Å². The van der Waals surface area contributed by atoms with Crippen LogP contribution in [0.15, 0.2) is 5.16 Å². The second-order valence-corrected chi connectivity index (χ2v) is 2.99. The summed E-state index contributed by atoms with van der Waals surface area (Å²) in [5.74, 6) is 0.816. The van der Waals surface area contributed by atoms with Crippen molar-refractivity contribution in [2.75, 3.05) is 7.05 Å². The number of nitrogens with zero attached hydrogens (tertiary/aromatic N) is 1. The Balaban J connectivity index is 3.68. The van der Waals surface area contributed by atoms with Crippen molar-refractivity contribution in [3.05, 3.63) is 0 Å². The highest BCUT2D eigenvalue weighted by Gasteiger charge is 2.03. The summed E-state index contributed by atoms with van der Waals surface area (Å²) in [5, 5.41) is 5.82. The fraction of sp³-hybridized carbons (Fsp3) is 0.750. The highest BCUT2D eigenvalue weighted by molar-refractivity contribution is 5.68. The third kappa shape index (κ3) is 4.71. The highest BCUT2D eigenvalue weighted by atomic mass is 16.7. The normalized spacial score (nSPS) is 13.4. The van der Waals surface area contributed by atoms with E-state index < -0.39 is 6.09 Å². The van der Waals surface area contributed by atoms with Gasteiger partial charge in [-0.25, -0.2) is 4.79 Å². The van der Waals surface area contributed by atoms with Crippen LogP contribution in [-0.4, -0.2) is 19.4 Å². The predicted octanol–water partition coefficient (Wildman–Crippen LogP) is 1.62. The lowest BCUT2D eigenvalue weighted by molar-refractivity contribution is 0.153. The highest BCUT2D eigenvalue weighted by Crippen LogP contribution is 2.05. The molecule has 1 unspecified atom stereocenters. The molecule has 0 aliphatic carbocycles. The van der Waals surface area contributed by atoms with E-state index in [0.717, 1.165) is 0 Å². The number of carbonyl (C=O) groups excluding carboxylic acids is 1. The molecule has 1 amide bonds. The average molecular weight is 172 g/mol. The monoisotopic (exact) mass is 172 g/mol. The lowest BCUT2D eigenvalue weighted by Crippen LogP contribution is -2.17. The molecular formula is C8H16N2O2. The smallest absolute Gasteiger partial charge is 0.323 e. The first-order valence-electron chi connectivity index (χ1n) is 4.00. The Bertz CT molecular complexity index is 166. The number of rotatable bonds is 3. The van der Waals surface area contributed by atoms with E-state index in [4.69, 9.17) is 0 Å². The molecule has 0 aliphatic rings. The Hall–Kier alpha value is -1.06. The Morgan fingerprint density at radius 1 is 1.50 bits per heavy atom. The third-order valence-corrected chi connectivity index (χ3v) is 1.69. The molecule has 0 bridgehead atoms. The number of hydrogen-bond donors (Lipinski definition) is 1. The van der Waals surface area contributed by atoms with E-state index in [-0.39, 0.29) is 0 Å². The molecular weight excluding hydrogens is 156 g/mol. The number of nitrogens with one attached hydrogen (secondary N) is 1. The minimum Gasteiger partial charge on any atom is -0.323 e. The average Bonchev–Trinajstić information content (AvgIpc) is 2.03. The molecule has 0 spiro atoms. The molecule has 4 heteroatoms. The van der Waals surface area contributed by atoms with Crippen LogP contribution in [0, 0.1) is 11.8 Å². The molecule has 0 radical (unpaired) electrons. The number of carbonyl (C=O) groups is 1. The maximum absolute atomic E-state index is 10.5. The van der Waals surface area contributed by atoms with E-state index >= 15 is 0 Å². The topological polar surface area (TPSA) is 50.7 Å². The second-order valence-electron chi connectivity index (χ2n) is 2.99. The SMILES string of the molecule is CNC(=O)O/N=C/C(C)C(C)C. The van der Waals surface area contributed by atoms with Gasteiger partial charge in [-0.3, -0.25) is 4.84 Å². The number of oxime groups is 1. The largest absolute Gasteiger partial charge is 0.433 e. The molecule has 0 fully saturated rings. The van der Waals surface area contributed by atoms with Gasteiger partial charge in [0.15, 0.2) is 0 Å². The Morgan fingerprint density at radius 3 is 2.50 bits per heavy atom. The molecule has 70 valence electrons. The molecule has 0 aromatic heterocycles. The van der Waals surface area contributed by atoms with E-state index in [2.05, 4.69) is 29.2 Å². The Kier molecular flexibility index (Phi) is 5.08. The quantitative estimate of drug-likeness (QED) is 0.399. The van der Waals surface area contributed by atoms with Crippen LogP contribution >= 0.6 is 0 Å². The number of hydrogen-bond acceptors (Lipinski definition) is 3. The van der Waals surface area contributed by atoms with Gasteiger partial charge < -0.3 is 5.32 Å². The van der Waals surface area contributed by atoms with Crippen LogP contribution in [0.5, 0.6) is 0 Å². The van der Waals surface area contributed by atoms with Gasteiger partial charge in [-0.2, -0.15) is 0 Å². The van der Waals surface area contributed by atoms with E-state index in [0.29, 0.717) is 11.8 Å². The molecule has 0 heterocycles. The summed E-state index contributed by atoms with van der Waals surface area (Å²) in [6.45, 7) is 6.18. The number of amides is 1. The second kappa shape index (κ2) is 5.57. The molecule has 0 saturated carbocycles. The van der Waals surface area contributed by atoms with Gasteiger partial charge in [-0.1, -0.05) is 25.9 Å². The van der Waals surface area contributed by atoms with E-state index in [1.807, 2.05) is 6.92 Å². The van der Waals surface area contributed by atoms with E-state index in [1.165, 1.54) is 7.05 Å². The maximum Gasteiger partial charge on any atom is 0.433 e. The van der Waals surface area contributed by atoms with Gasteiger partial charge in [0.2, 0.25) is 0 Å². The van der Waals surface area contributed by atoms with Gasteiger partial charge in [0.1, 0.15) is 0 Å². The Labute approximate surface area is 73.0 Å². The lowest BCUT2D eigenvalue weighted by atomic mass is 10.0. The van der Waals surface area contributed by atoms with Gasteiger partial charge in [-0.15, -0.1) is 0 Å². The summed E-state index contributed by atoms with van der Waals surface area (Å²) in [6.07, 6.45) is 1.09. The molecule has 1 atom stereocenters. The van der Waals surface area contributed by atoms with Crippen molar-refractivity contribution in [1.82, 2.24) is 5.32 Å². The van der Waals surface area contributed by atoms with Crippen LogP contribution in [0.4, 0.5) is 4.79 Å². The zero-order valence-electron chi connectivity index (χ0n) is 8.00. The maximum atomic E-state index is 10.5. The lowest BCUT2D eigenvalue weighted by Gasteiger charge is -2.07. The summed E-state index contributed by atoms with van der Waals surface area (Å²) >= 11 is 0. The third-order valence-electron chi connectivity index (χ3n) is 1.69. The van der Waals surface area contributed by atoms with Crippen LogP contribution < -0.4 is 5.32 Å². The molecule has 0 aromatic carbocycles. The minimum absolute atomic E-state index is 0.314. The van der Waals surface area contributed by atoms with Crippen molar-refractivity contribution >= 4 is 12.3 Å². The first-order chi connectivity index (χ1) is 5.57. The van der Waals surface area contributed by atoms with Gasteiger partial charge in [0.05, 0.1) is 0 Å². The van der Waals surface area contributed by atoms with Crippen molar-refractivity contribution < 1.29 is 9.63 Å². The summed E-state index contributed by atoms with van der Waals surface area (Å²) < 4.78 is 0. The van der Waals surface area contributed by atoms with Crippen molar-refractivity contribution in [3.63, 3.8) is 0 Å². The predicted molar refractivity (Wildman–Crippen MR) is 48.0 cm³/mol. The van der Waals surface area contributed by atoms with Gasteiger partial charge in [0, 0.05) is 13.3 Å².